The van der Waals surface area contributed by atoms with Crippen LogP contribution >= 0.6 is 11.6 Å². The Morgan fingerprint density at radius 3 is 2.66 bits per heavy atom. The van der Waals surface area contributed by atoms with Gasteiger partial charge in [-0.05, 0) is 87.8 Å². The second kappa shape index (κ2) is 16.6. The molecule has 2 aliphatic rings. The molecule has 0 aromatic carbocycles. The van der Waals surface area contributed by atoms with Gasteiger partial charge >= 0.3 is 0 Å². The molecule has 0 N–H and O–H groups in total. The van der Waals surface area contributed by atoms with E-state index < -0.39 is 0 Å². The van der Waals surface area contributed by atoms with Crippen molar-refractivity contribution in [2.45, 2.75) is 99.1 Å². The molecule has 0 spiro atoms. The fourth-order valence-corrected chi connectivity index (χ4v) is 6.70. The van der Waals surface area contributed by atoms with Crippen LogP contribution in [0.15, 0.2) is 12.7 Å². The average molecular weight is 549 g/mol. The highest BCUT2D eigenvalue weighted by atomic mass is 35.5. The van der Waals surface area contributed by atoms with Crippen LogP contribution < -0.4 is 0 Å². The minimum absolute atomic E-state index is 0.150. The van der Waals surface area contributed by atoms with Crippen LogP contribution in [-0.2, 0) is 16.1 Å². The van der Waals surface area contributed by atoms with Crippen LogP contribution in [0.5, 0.6) is 0 Å². The molecule has 2 fully saturated rings. The Balaban J connectivity index is 0.00000247. The van der Waals surface area contributed by atoms with Crippen LogP contribution in [0.25, 0.3) is 12.2 Å². The topological polar surface area (TPSA) is 60.2 Å². The molecular weight excluding hydrogens is 496 g/mol. The molecule has 7 heteroatoms. The van der Waals surface area contributed by atoms with E-state index in [2.05, 4.69) is 49.4 Å². The molecule has 0 saturated heterocycles. The highest BCUT2D eigenvalue weighted by Gasteiger charge is 2.48. The number of rotatable bonds is 14. The fraction of sp³-hybridized carbons (Fsp3) is 0.774. The van der Waals surface area contributed by atoms with Crippen LogP contribution in [0, 0.1) is 23.2 Å². The first-order chi connectivity index (χ1) is 18.4. The SMILES string of the molecule is C=Cc1nn(CC(=O)CCN(CC)C(C)C2CCC3CC(C)CCC3(COCC)C2)nc1/C=C\CCl.CC. The monoisotopic (exact) mass is 548 g/mol. The van der Waals surface area contributed by atoms with Crippen molar-refractivity contribution in [2.24, 2.45) is 23.2 Å². The molecule has 5 unspecified atom stereocenters. The number of alkyl halides is 1. The van der Waals surface area contributed by atoms with Crippen molar-refractivity contribution < 1.29 is 9.53 Å². The Morgan fingerprint density at radius 2 is 2.00 bits per heavy atom. The Kier molecular flexibility index (Phi) is 14.3. The number of aromatic nitrogens is 3. The largest absolute Gasteiger partial charge is 0.381 e. The lowest BCUT2D eigenvalue weighted by atomic mass is 9.55. The summed E-state index contributed by atoms with van der Waals surface area (Å²) in [6, 6.07) is 0.462. The zero-order valence-electron chi connectivity index (χ0n) is 24.9. The number of ether oxygens (including phenoxy) is 1. The summed E-state index contributed by atoms with van der Waals surface area (Å²) in [4.78, 5) is 16.8. The zero-order valence-corrected chi connectivity index (χ0v) is 25.7. The normalized spacial score (nSPS) is 26.1. The lowest BCUT2D eigenvalue weighted by molar-refractivity contribution is -0.120. The van der Waals surface area contributed by atoms with E-state index in [9.17, 15) is 4.79 Å². The van der Waals surface area contributed by atoms with Crippen LogP contribution in [0.1, 0.15) is 97.9 Å². The van der Waals surface area contributed by atoms with Gasteiger partial charge in [-0.3, -0.25) is 4.79 Å². The summed E-state index contributed by atoms with van der Waals surface area (Å²) in [6.45, 7) is 20.6. The third-order valence-corrected chi connectivity index (χ3v) is 8.94. The molecule has 38 heavy (non-hydrogen) atoms. The number of carbonyl (C=O) groups excluding carboxylic acids is 1. The standard InChI is InChI=1S/C29H47ClN4O2.C2H6/c1-6-27-28(10-9-16-30)32-34(31-27)20-26(35)14-17-33(7-2)23(5)24-11-12-25-18-22(4)13-15-29(25,19-24)21-36-8-3;1-2/h6,9-10,22-25H,1,7-8,11-21H2,2-5H3;1-2H3/b10-9-;. The van der Waals surface area contributed by atoms with Crippen molar-refractivity contribution >= 4 is 29.5 Å². The number of fused-ring (bicyclic) bond motifs is 1. The molecule has 1 aromatic rings. The molecule has 216 valence electrons. The summed E-state index contributed by atoms with van der Waals surface area (Å²) in [6.07, 6.45) is 13.7. The second-order valence-corrected chi connectivity index (χ2v) is 11.3. The Labute approximate surface area is 237 Å². The third kappa shape index (κ3) is 8.76. The fourth-order valence-electron chi connectivity index (χ4n) is 6.61. The van der Waals surface area contributed by atoms with Gasteiger partial charge in [0.05, 0.1) is 6.61 Å². The molecule has 1 heterocycles. The molecule has 0 radical (unpaired) electrons. The maximum Gasteiger partial charge on any atom is 0.157 e. The number of allylic oxidation sites excluding steroid dienone is 1. The minimum atomic E-state index is 0.150. The number of hydrogen-bond donors (Lipinski definition) is 0. The number of Topliss-reactive ketones (excluding diaryl/α,β-unsaturated/α-hetero) is 1. The molecular formula is C31H53ClN4O2. The van der Waals surface area contributed by atoms with Crippen molar-refractivity contribution in [2.75, 3.05) is 32.2 Å². The van der Waals surface area contributed by atoms with Gasteiger partial charge in [-0.2, -0.15) is 15.0 Å². The molecule has 0 bridgehead atoms. The van der Waals surface area contributed by atoms with Gasteiger partial charge in [0.2, 0.25) is 0 Å². The summed E-state index contributed by atoms with van der Waals surface area (Å²) >= 11 is 5.74. The van der Waals surface area contributed by atoms with E-state index in [0.717, 1.165) is 38.1 Å². The van der Waals surface area contributed by atoms with Gasteiger partial charge in [-0.1, -0.05) is 46.8 Å². The van der Waals surface area contributed by atoms with E-state index in [4.69, 9.17) is 16.3 Å². The maximum absolute atomic E-state index is 12.8. The van der Waals surface area contributed by atoms with E-state index in [0.29, 0.717) is 41.1 Å². The number of halogens is 1. The highest BCUT2D eigenvalue weighted by molar-refractivity contribution is 6.19. The van der Waals surface area contributed by atoms with Crippen LogP contribution in [0.2, 0.25) is 0 Å². The second-order valence-electron chi connectivity index (χ2n) is 11.0. The highest BCUT2D eigenvalue weighted by Crippen LogP contribution is 2.54. The van der Waals surface area contributed by atoms with Gasteiger partial charge in [0.15, 0.2) is 5.78 Å². The number of ketones is 1. The smallest absolute Gasteiger partial charge is 0.157 e. The quantitative estimate of drug-likeness (QED) is 0.231. The van der Waals surface area contributed by atoms with Crippen molar-refractivity contribution in [3.8, 4) is 0 Å². The van der Waals surface area contributed by atoms with Crippen molar-refractivity contribution in [1.29, 1.82) is 0 Å². The number of hydrogen-bond acceptors (Lipinski definition) is 5. The predicted octanol–water partition coefficient (Wildman–Crippen LogP) is 7.13. The molecule has 0 aliphatic heterocycles. The van der Waals surface area contributed by atoms with Crippen LogP contribution in [0.3, 0.4) is 0 Å². The summed E-state index contributed by atoms with van der Waals surface area (Å²) in [5.41, 5.74) is 1.71. The number of nitrogens with zero attached hydrogens (tertiary/aromatic N) is 4. The van der Waals surface area contributed by atoms with Crippen LogP contribution in [-0.4, -0.2) is 63.9 Å². The molecule has 3 rings (SSSR count). The molecule has 2 saturated carbocycles. The van der Waals surface area contributed by atoms with E-state index in [1.807, 2.05) is 26.0 Å². The summed E-state index contributed by atoms with van der Waals surface area (Å²) in [5.74, 6) is 2.86. The molecule has 6 nitrogen and oxygen atoms in total. The molecule has 2 aliphatic carbocycles. The van der Waals surface area contributed by atoms with Gasteiger partial charge in [0, 0.05) is 31.5 Å². The zero-order chi connectivity index (χ0) is 28.1. The van der Waals surface area contributed by atoms with Gasteiger partial charge in [0.1, 0.15) is 17.9 Å². The Hall–Kier alpha value is -1.50. The predicted molar refractivity (Wildman–Crippen MR) is 160 cm³/mol. The molecule has 5 atom stereocenters. The average Bonchev–Trinajstić information content (AvgIpc) is 3.33. The first kappa shape index (κ1) is 32.7. The summed E-state index contributed by atoms with van der Waals surface area (Å²) in [7, 11) is 0. The van der Waals surface area contributed by atoms with Gasteiger partial charge in [-0.15, -0.1) is 11.6 Å². The van der Waals surface area contributed by atoms with Crippen molar-refractivity contribution in [3.63, 3.8) is 0 Å². The van der Waals surface area contributed by atoms with E-state index in [-0.39, 0.29) is 12.3 Å². The summed E-state index contributed by atoms with van der Waals surface area (Å²) < 4.78 is 6.07. The lowest BCUT2D eigenvalue weighted by Gasteiger charge is -2.53. The third-order valence-electron chi connectivity index (χ3n) is 8.76. The first-order valence-corrected chi connectivity index (χ1v) is 15.5. The Bertz CT molecular complexity index is 881. The van der Waals surface area contributed by atoms with Crippen molar-refractivity contribution in [3.05, 3.63) is 24.0 Å². The van der Waals surface area contributed by atoms with Gasteiger partial charge in [-0.25, -0.2) is 0 Å². The first-order valence-electron chi connectivity index (χ1n) is 15.0. The molecule has 1 aromatic heterocycles. The van der Waals surface area contributed by atoms with Crippen molar-refractivity contribution in [1.82, 2.24) is 19.9 Å². The molecule has 0 amide bonds. The summed E-state index contributed by atoms with van der Waals surface area (Å²) in [5, 5.41) is 8.83. The van der Waals surface area contributed by atoms with E-state index >= 15 is 0 Å². The van der Waals surface area contributed by atoms with Crippen LogP contribution in [0.4, 0.5) is 0 Å². The van der Waals surface area contributed by atoms with Gasteiger partial charge in [0.25, 0.3) is 0 Å². The Morgan fingerprint density at radius 1 is 1.26 bits per heavy atom. The van der Waals surface area contributed by atoms with E-state index in [1.54, 1.807) is 6.08 Å². The number of carbonyl (C=O) groups is 1. The maximum atomic E-state index is 12.8. The minimum Gasteiger partial charge on any atom is -0.381 e. The van der Waals surface area contributed by atoms with Gasteiger partial charge < -0.3 is 9.64 Å². The van der Waals surface area contributed by atoms with E-state index in [1.165, 1.54) is 43.3 Å². The lowest BCUT2D eigenvalue weighted by Crippen LogP contribution is -2.49.